The predicted octanol–water partition coefficient (Wildman–Crippen LogP) is 3.90. The van der Waals surface area contributed by atoms with Gasteiger partial charge in [0.1, 0.15) is 5.03 Å². The van der Waals surface area contributed by atoms with Crippen LogP contribution in [0, 0.1) is 13.8 Å². The Hall–Kier alpha value is -1.32. The minimum absolute atomic E-state index is 0.460. The quantitative estimate of drug-likeness (QED) is 0.907. The average molecular weight is 259 g/mol. The monoisotopic (exact) mass is 259 g/mol. The normalized spacial score (nSPS) is 12.4. The molecule has 1 aromatic heterocycles. The van der Waals surface area contributed by atoms with E-state index in [-0.39, 0.29) is 0 Å². The predicted molar refractivity (Wildman–Crippen MR) is 74.9 cm³/mol. The van der Waals surface area contributed by atoms with Crippen molar-refractivity contribution >= 4 is 11.8 Å². The molecule has 0 amide bonds. The van der Waals surface area contributed by atoms with Gasteiger partial charge in [-0.3, -0.25) is 0 Å². The lowest BCUT2D eigenvalue weighted by molar-refractivity contribution is 0.198. The van der Waals surface area contributed by atoms with Gasteiger partial charge in [0, 0.05) is 11.1 Å². The first-order valence-electron chi connectivity index (χ1n) is 5.95. The van der Waals surface area contributed by atoms with Crippen molar-refractivity contribution in [2.45, 2.75) is 36.8 Å². The molecule has 0 unspecified atom stereocenters. The molecule has 0 spiro atoms. The van der Waals surface area contributed by atoms with E-state index in [2.05, 4.69) is 37.0 Å². The van der Waals surface area contributed by atoms with Crippen LogP contribution in [0.25, 0.3) is 0 Å². The van der Waals surface area contributed by atoms with E-state index in [0.29, 0.717) is 0 Å². The van der Waals surface area contributed by atoms with Crippen molar-refractivity contribution in [3.63, 3.8) is 0 Å². The number of aromatic nitrogens is 1. The zero-order valence-electron chi connectivity index (χ0n) is 10.8. The third-order valence-corrected chi connectivity index (χ3v) is 3.92. The van der Waals surface area contributed by atoms with Gasteiger partial charge in [-0.15, -0.1) is 0 Å². The number of aliphatic hydroxyl groups excluding tert-OH is 1. The van der Waals surface area contributed by atoms with Crippen LogP contribution in [0.5, 0.6) is 0 Å². The SMILES string of the molecule is Cc1ccc(Sc2ccc([C@H](C)O)cn2)c(C)c1. The van der Waals surface area contributed by atoms with Crippen LogP contribution in [-0.4, -0.2) is 10.1 Å². The Labute approximate surface area is 112 Å². The third-order valence-electron chi connectivity index (χ3n) is 2.79. The maximum Gasteiger partial charge on any atom is 0.101 e. The van der Waals surface area contributed by atoms with Crippen LogP contribution in [0.2, 0.25) is 0 Å². The van der Waals surface area contributed by atoms with Gasteiger partial charge in [-0.25, -0.2) is 4.98 Å². The Morgan fingerprint density at radius 3 is 2.50 bits per heavy atom. The van der Waals surface area contributed by atoms with Crippen LogP contribution < -0.4 is 0 Å². The molecule has 0 radical (unpaired) electrons. The van der Waals surface area contributed by atoms with E-state index in [9.17, 15) is 5.11 Å². The van der Waals surface area contributed by atoms with Gasteiger partial charge in [-0.2, -0.15) is 0 Å². The van der Waals surface area contributed by atoms with E-state index >= 15 is 0 Å². The van der Waals surface area contributed by atoms with Crippen LogP contribution >= 0.6 is 11.8 Å². The Kier molecular flexibility index (Phi) is 4.04. The average Bonchev–Trinajstić information content (AvgIpc) is 2.33. The standard InChI is InChI=1S/C15H17NOS/c1-10-4-6-14(11(2)8-10)18-15-7-5-13(9-16-15)12(3)17/h4-9,12,17H,1-3H3/t12-/m0/s1. The smallest absolute Gasteiger partial charge is 0.101 e. The molecule has 18 heavy (non-hydrogen) atoms. The molecular formula is C15H17NOS. The number of pyridine rings is 1. The van der Waals surface area contributed by atoms with Crippen molar-refractivity contribution in [2.75, 3.05) is 0 Å². The molecule has 94 valence electrons. The molecule has 0 fully saturated rings. The summed E-state index contributed by atoms with van der Waals surface area (Å²) in [5, 5.41) is 10.4. The van der Waals surface area contributed by atoms with E-state index in [0.717, 1.165) is 10.6 Å². The first-order valence-corrected chi connectivity index (χ1v) is 6.77. The van der Waals surface area contributed by atoms with Crippen LogP contribution in [-0.2, 0) is 0 Å². The summed E-state index contributed by atoms with van der Waals surface area (Å²) in [7, 11) is 0. The molecule has 2 rings (SSSR count). The summed E-state index contributed by atoms with van der Waals surface area (Å²) in [6.45, 7) is 5.95. The molecule has 2 aromatic rings. The summed E-state index contributed by atoms with van der Waals surface area (Å²) < 4.78 is 0. The molecular weight excluding hydrogens is 242 g/mol. The van der Waals surface area contributed by atoms with Crippen LogP contribution in [0.15, 0.2) is 46.5 Å². The fraction of sp³-hybridized carbons (Fsp3) is 0.267. The van der Waals surface area contributed by atoms with Crippen molar-refractivity contribution in [3.8, 4) is 0 Å². The lowest BCUT2D eigenvalue weighted by atomic mass is 10.2. The Morgan fingerprint density at radius 1 is 1.17 bits per heavy atom. The summed E-state index contributed by atoms with van der Waals surface area (Å²) in [5.41, 5.74) is 3.38. The Morgan fingerprint density at radius 2 is 1.94 bits per heavy atom. The van der Waals surface area contributed by atoms with Gasteiger partial charge in [-0.1, -0.05) is 35.5 Å². The molecule has 1 atom stereocenters. The van der Waals surface area contributed by atoms with Gasteiger partial charge in [0.25, 0.3) is 0 Å². The summed E-state index contributed by atoms with van der Waals surface area (Å²) in [6.07, 6.45) is 1.27. The number of hydrogen-bond acceptors (Lipinski definition) is 3. The fourth-order valence-corrected chi connectivity index (χ4v) is 2.55. The van der Waals surface area contributed by atoms with Crippen molar-refractivity contribution in [3.05, 3.63) is 53.2 Å². The molecule has 0 aliphatic rings. The summed E-state index contributed by atoms with van der Waals surface area (Å²) in [6, 6.07) is 10.3. The van der Waals surface area contributed by atoms with Crippen molar-refractivity contribution in [1.82, 2.24) is 4.98 Å². The minimum Gasteiger partial charge on any atom is -0.389 e. The molecule has 0 bridgehead atoms. The van der Waals surface area contributed by atoms with E-state index < -0.39 is 6.10 Å². The van der Waals surface area contributed by atoms with Crippen molar-refractivity contribution in [2.24, 2.45) is 0 Å². The lowest BCUT2D eigenvalue weighted by Gasteiger charge is -2.07. The zero-order valence-corrected chi connectivity index (χ0v) is 11.7. The molecule has 0 saturated heterocycles. The van der Waals surface area contributed by atoms with E-state index in [1.165, 1.54) is 16.0 Å². The summed E-state index contributed by atoms with van der Waals surface area (Å²) in [5.74, 6) is 0. The Bertz CT molecular complexity index is 535. The minimum atomic E-state index is -0.460. The number of rotatable bonds is 3. The summed E-state index contributed by atoms with van der Waals surface area (Å²) in [4.78, 5) is 5.58. The maximum absolute atomic E-state index is 9.43. The highest BCUT2D eigenvalue weighted by molar-refractivity contribution is 7.99. The van der Waals surface area contributed by atoms with Crippen LogP contribution in [0.1, 0.15) is 29.7 Å². The highest BCUT2D eigenvalue weighted by Gasteiger charge is 2.04. The van der Waals surface area contributed by atoms with Gasteiger partial charge >= 0.3 is 0 Å². The first-order chi connectivity index (χ1) is 8.56. The molecule has 1 aromatic carbocycles. The first kappa shape index (κ1) is 13.1. The molecule has 1 heterocycles. The highest BCUT2D eigenvalue weighted by atomic mass is 32.2. The van der Waals surface area contributed by atoms with Crippen LogP contribution in [0.4, 0.5) is 0 Å². The van der Waals surface area contributed by atoms with Gasteiger partial charge in [0.2, 0.25) is 0 Å². The van der Waals surface area contributed by atoms with Crippen molar-refractivity contribution in [1.29, 1.82) is 0 Å². The summed E-state index contributed by atoms with van der Waals surface area (Å²) >= 11 is 1.65. The molecule has 2 nitrogen and oxygen atoms in total. The molecule has 0 aliphatic carbocycles. The van der Waals surface area contributed by atoms with Gasteiger partial charge in [0.15, 0.2) is 0 Å². The second-order valence-corrected chi connectivity index (χ2v) is 5.54. The van der Waals surface area contributed by atoms with E-state index in [4.69, 9.17) is 0 Å². The van der Waals surface area contributed by atoms with E-state index in [1.807, 2.05) is 12.1 Å². The molecule has 3 heteroatoms. The number of nitrogens with zero attached hydrogens (tertiary/aromatic N) is 1. The third kappa shape index (κ3) is 3.12. The number of aryl methyl sites for hydroxylation is 2. The molecule has 0 saturated carbocycles. The number of benzene rings is 1. The molecule has 1 N–H and O–H groups in total. The zero-order chi connectivity index (χ0) is 13.1. The highest BCUT2D eigenvalue weighted by Crippen LogP contribution is 2.29. The second-order valence-electron chi connectivity index (χ2n) is 4.48. The topological polar surface area (TPSA) is 33.1 Å². The van der Waals surface area contributed by atoms with Crippen molar-refractivity contribution < 1.29 is 5.11 Å². The second kappa shape index (κ2) is 5.55. The number of aliphatic hydroxyl groups is 1. The van der Waals surface area contributed by atoms with Gasteiger partial charge in [-0.05, 0) is 44.0 Å². The van der Waals surface area contributed by atoms with Gasteiger partial charge in [0.05, 0.1) is 6.10 Å². The largest absolute Gasteiger partial charge is 0.389 e. The fourth-order valence-electron chi connectivity index (χ4n) is 1.73. The number of hydrogen-bond donors (Lipinski definition) is 1. The Balaban J connectivity index is 2.18. The molecule has 0 aliphatic heterocycles. The van der Waals surface area contributed by atoms with E-state index in [1.54, 1.807) is 24.9 Å². The lowest BCUT2D eigenvalue weighted by Crippen LogP contribution is -1.92. The maximum atomic E-state index is 9.43. The van der Waals surface area contributed by atoms with Gasteiger partial charge < -0.3 is 5.11 Å². The van der Waals surface area contributed by atoms with Crippen LogP contribution in [0.3, 0.4) is 0 Å².